The van der Waals surface area contributed by atoms with E-state index in [1.165, 1.54) is 16.8 Å². The number of likely N-dealkylation sites (N-methyl/N-ethyl adjacent to an activating group) is 1. The van der Waals surface area contributed by atoms with Gasteiger partial charge in [0.1, 0.15) is 0 Å². The summed E-state index contributed by atoms with van der Waals surface area (Å²) >= 11 is 0. The first-order chi connectivity index (χ1) is 11.3. The molecule has 0 aromatic heterocycles. The van der Waals surface area contributed by atoms with Gasteiger partial charge < -0.3 is 19.9 Å². The van der Waals surface area contributed by atoms with Crippen LogP contribution in [0.5, 0.6) is 0 Å². The van der Waals surface area contributed by atoms with Gasteiger partial charge in [-0.2, -0.15) is 0 Å². The van der Waals surface area contributed by atoms with E-state index >= 15 is 0 Å². The maximum absolute atomic E-state index is 12.2. The molecule has 0 spiro atoms. The Bertz CT molecular complexity index is 506. The van der Waals surface area contributed by atoms with Crippen LogP contribution < -0.4 is 10.2 Å². The van der Waals surface area contributed by atoms with E-state index in [1.54, 1.807) is 7.11 Å². The third-order valence-corrected chi connectivity index (χ3v) is 4.24. The van der Waals surface area contributed by atoms with E-state index in [9.17, 15) is 4.79 Å². The normalized spacial score (nSPS) is 11.0. The predicted octanol–water partition coefficient (Wildman–Crippen LogP) is 2.00. The van der Waals surface area contributed by atoms with Crippen LogP contribution >= 0.6 is 0 Å². The lowest BCUT2D eigenvalue weighted by atomic mass is 9.98. The van der Waals surface area contributed by atoms with Gasteiger partial charge in [-0.3, -0.25) is 4.79 Å². The van der Waals surface area contributed by atoms with Crippen LogP contribution in [0.15, 0.2) is 12.1 Å². The van der Waals surface area contributed by atoms with Crippen molar-refractivity contribution in [1.82, 2.24) is 10.2 Å². The van der Waals surface area contributed by atoms with E-state index in [0.29, 0.717) is 13.0 Å². The number of carbonyl (C=O) groups excluding carboxylic acids is 1. The fourth-order valence-corrected chi connectivity index (χ4v) is 2.71. The van der Waals surface area contributed by atoms with Crippen LogP contribution in [0.1, 0.15) is 23.1 Å². The van der Waals surface area contributed by atoms with Crippen LogP contribution in [0.2, 0.25) is 0 Å². The summed E-state index contributed by atoms with van der Waals surface area (Å²) in [6.07, 6.45) is 1.45. The standard InChI is InChI=1S/C19H33N3O2/c1-15-12-17(21(3)4)13-16(2)18(15)14-19(23)20-8-10-22(5)9-7-11-24-6/h12-13H,7-11,14H2,1-6H3,(H,20,23). The lowest BCUT2D eigenvalue weighted by Crippen LogP contribution is -2.34. The average Bonchev–Trinajstić information content (AvgIpc) is 2.50. The number of benzene rings is 1. The number of methoxy groups -OCH3 is 1. The zero-order valence-corrected chi connectivity index (χ0v) is 16.1. The maximum Gasteiger partial charge on any atom is 0.224 e. The van der Waals surface area contributed by atoms with E-state index in [2.05, 4.69) is 48.1 Å². The first-order valence-electron chi connectivity index (χ1n) is 8.56. The van der Waals surface area contributed by atoms with Gasteiger partial charge in [0.25, 0.3) is 0 Å². The van der Waals surface area contributed by atoms with Gasteiger partial charge in [-0.1, -0.05) is 0 Å². The lowest BCUT2D eigenvalue weighted by Gasteiger charge is -2.18. The lowest BCUT2D eigenvalue weighted by molar-refractivity contribution is -0.120. The Labute approximate surface area is 147 Å². The minimum atomic E-state index is 0.0871. The summed E-state index contributed by atoms with van der Waals surface area (Å²) in [4.78, 5) is 16.5. The monoisotopic (exact) mass is 335 g/mol. The molecule has 0 saturated carbocycles. The van der Waals surface area contributed by atoms with Crippen LogP contribution in [-0.4, -0.2) is 65.3 Å². The minimum absolute atomic E-state index is 0.0871. The van der Waals surface area contributed by atoms with Gasteiger partial charge in [-0.15, -0.1) is 0 Å². The molecule has 1 N–H and O–H groups in total. The van der Waals surface area contributed by atoms with Crippen LogP contribution in [0, 0.1) is 13.8 Å². The number of hydrogen-bond donors (Lipinski definition) is 1. The molecular weight excluding hydrogens is 302 g/mol. The molecule has 24 heavy (non-hydrogen) atoms. The number of rotatable bonds is 10. The van der Waals surface area contributed by atoms with E-state index in [-0.39, 0.29) is 5.91 Å². The zero-order chi connectivity index (χ0) is 18.1. The fourth-order valence-electron chi connectivity index (χ4n) is 2.71. The molecule has 0 saturated heterocycles. The number of aryl methyl sites for hydroxylation is 2. The van der Waals surface area contributed by atoms with Crippen molar-refractivity contribution in [3.63, 3.8) is 0 Å². The van der Waals surface area contributed by atoms with E-state index in [0.717, 1.165) is 31.7 Å². The highest BCUT2D eigenvalue weighted by Crippen LogP contribution is 2.22. The van der Waals surface area contributed by atoms with Crippen molar-refractivity contribution in [3.05, 3.63) is 28.8 Å². The molecule has 0 radical (unpaired) electrons. The summed E-state index contributed by atoms with van der Waals surface area (Å²) in [5.74, 6) is 0.0871. The summed E-state index contributed by atoms with van der Waals surface area (Å²) in [6, 6.07) is 4.28. The fraction of sp³-hybridized carbons (Fsp3) is 0.632. The Kier molecular flexibility index (Phi) is 8.79. The Morgan fingerprint density at radius 3 is 2.29 bits per heavy atom. The van der Waals surface area contributed by atoms with Gasteiger partial charge in [0.05, 0.1) is 6.42 Å². The molecular formula is C19H33N3O2. The third kappa shape index (κ3) is 6.89. The number of ether oxygens (including phenoxy) is 1. The van der Waals surface area contributed by atoms with Gasteiger partial charge in [0.2, 0.25) is 5.91 Å². The third-order valence-electron chi connectivity index (χ3n) is 4.24. The molecule has 0 bridgehead atoms. The van der Waals surface area contributed by atoms with E-state index in [1.807, 2.05) is 14.1 Å². The summed E-state index contributed by atoms with van der Waals surface area (Å²) < 4.78 is 5.05. The van der Waals surface area contributed by atoms with Crippen molar-refractivity contribution in [1.29, 1.82) is 0 Å². The zero-order valence-electron chi connectivity index (χ0n) is 16.1. The number of hydrogen-bond acceptors (Lipinski definition) is 4. The van der Waals surface area contributed by atoms with Crippen LogP contribution in [-0.2, 0) is 16.0 Å². The van der Waals surface area contributed by atoms with Crippen molar-refractivity contribution in [2.45, 2.75) is 26.7 Å². The second-order valence-electron chi connectivity index (χ2n) is 6.63. The van der Waals surface area contributed by atoms with Gasteiger partial charge in [0, 0.05) is 53.1 Å². The predicted molar refractivity (Wildman–Crippen MR) is 101 cm³/mol. The van der Waals surface area contributed by atoms with Crippen LogP contribution in [0.4, 0.5) is 5.69 Å². The number of nitrogens with one attached hydrogen (secondary N) is 1. The molecule has 0 fully saturated rings. The average molecular weight is 335 g/mol. The molecule has 0 unspecified atom stereocenters. The molecule has 0 aliphatic heterocycles. The quantitative estimate of drug-likeness (QED) is 0.664. The SMILES string of the molecule is COCCCN(C)CCNC(=O)Cc1c(C)cc(N(C)C)cc1C. The number of nitrogens with zero attached hydrogens (tertiary/aromatic N) is 2. The minimum Gasteiger partial charge on any atom is -0.385 e. The van der Waals surface area contributed by atoms with Crippen molar-refractivity contribution in [2.75, 3.05) is 59.4 Å². The molecule has 0 aliphatic rings. The molecule has 1 aromatic rings. The van der Waals surface area contributed by atoms with E-state index < -0.39 is 0 Å². The first-order valence-corrected chi connectivity index (χ1v) is 8.56. The highest BCUT2D eigenvalue weighted by molar-refractivity contribution is 5.79. The van der Waals surface area contributed by atoms with Crippen molar-refractivity contribution in [2.24, 2.45) is 0 Å². The molecule has 5 heteroatoms. The number of carbonyl (C=O) groups is 1. The summed E-state index contributed by atoms with van der Waals surface area (Å²) in [5.41, 5.74) is 4.65. The summed E-state index contributed by atoms with van der Waals surface area (Å²) in [5, 5.41) is 3.02. The molecule has 0 heterocycles. The van der Waals surface area contributed by atoms with Gasteiger partial charge in [-0.25, -0.2) is 0 Å². The molecule has 0 atom stereocenters. The Hall–Kier alpha value is -1.59. The molecule has 136 valence electrons. The van der Waals surface area contributed by atoms with Crippen molar-refractivity contribution in [3.8, 4) is 0 Å². The molecule has 1 amide bonds. The molecule has 1 aromatic carbocycles. The van der Waals surface area contributed by atoms with Crippen LogP contribution in [0.25, 0.3) is 0 Å². The smallest absolute Gasteiger partial charge is 0.224 e. The first kappa shape index (κ1) is 20.5. The Balaban J connectivity index is 2.45. The second-order valence-corrected chi connectivity index (χ2v) is 6.63. The highest BCUT2D eigenvalue weighted by atomic mass is 16.5. The van der Waals surface area contributed by atoms with E-state index in [4.69, 9.17) is 4.74 Å². The van der Waals surface area contributed by atoms with Gasteiger partial charge in [0.15, 0.2) is 0 Å². The van der Waals surface area contributed by atoms with Gasteiger partial charge in [-0.05, 0) is 56.1 Å². The second kappa shape index (κ2) is 10.3. The van der Waals surface area contributed by atoms with Crippen molar-refractivity contribution < 1.29 is 9.53 Å². The summed E-state index contributed by atoms with van der Waals surface area (Å²) in [7, 11) is 7.85. The molecule has 0 aliphatic carbocycles. The molecule has 1 rings (SSSR count). The topological polar surface area (TPSA) is 44.8 Å². The summed E-state index contributed by atoms with van der Waals surface area (Å²) in [6.45, 7) is 7.44. The maximum atomic E-state index is 12.2. The van der Waals surface area contributed by atoms with Gasteiger partial charge >= 0.3 is 0 Å². The number of amides is 1. The molecule has 5 nitrogen and oxygen atoms in total. The Morgan fingerprint density at radius 1 is 1.12 bits per heavy atom. The largest absolute Gasteiger partial charge is 0.385 e. The number of anilines is 1. The Morgan fingerprint density at radius 2 is 1.75 bits per heavy atom. The highest BCUT2D eigenvalue weighted by Gasteiger charge is 2.11. The van der Waals surface area contributed by atoms with Crippen molar-refractivity contribution >= 4 is 11.6 Å². The van der Waals surface area contributed by atoms with Crippen LogP contribution in [0.3, 0.4) is 0 Å².